The quantitative estimate of drug-likeness (QED) is 0.416. The third kappa shape index (κ3) is 5.61. The maximum atomic E-state index is 13.2. The molecule has 0 spiro atoms. The van der Waals surface area contributed by atoms with Gasteiger partial charge >= 0.3 is 5.97 Å². The van der Waals surface area contributed by atoms with E-state index in [2.05, 4.69) is 11.8 Å². The summed E-state index contributed by atoms with van der Waals surface area (Å²) in [6.07, 6.45) is 2.82. The number of benzene rings is 2. The van der Waals surface area contributed by atoms with E-state index in [0.29, 0.717) is 29.3 Å². The highest BCUT2D eigenvalue weighted by Crippen LogP contribution is 2.43. The van der Waals surface area contributed by atoms with Gasteiger partial charge in [0.15, 0.2) is 11.9 Å². The topological polar surface area (TPSA) is 66.5 Å². The summed E-state index contributed by atoms with van der Waals surface area (Å²) in [7, 11) is 3.36. The number of hydrogen-bond acceptors (Lipinski definition) is 7. The molecule has 192 valence electrons. The molecule has 0 aliphatic carbocycles. The first-order valence-corrected chi connectivity index (χ1v) is 12.5. The molecule has 0 radical (unpaired) electrons. The molecule has 2 aromatic carbocycles. The number of esters is 1. The highest BCUT2D eigenvalue weighted by Gasteiger charge is 2.41. The molecular weight excluding hydrogens is 458 g/mol. The minimum absolute atomic E-state index is 0.0152. The zero-order chi connectivity index (χ0) is 25.7. The largest absolute Gasteiger partial charge is 0.491 e. The van der Waals surface area contributed by atoms with Crippen molar-refractivity contribution in [1.29, 1.82) is 0 Å². The molecule has 36 heavy (non-hydrogen) atoms. The number of methoxy groups -OCH3 is 1. The zero-order valence-electron chi connectivity index (χ0n) is 21.7. The average molecular weight is 494 g/mol. The monoisotopic (exact) mass is 493 g/mol. The summed E-state index contributed by atoms with van der Waals surface area (Å²) < 4.78 is 29.5. The van der Waals surface area contributed by atoms with Crippen molar-refractivity contribution in [3.63, 3.8) is 0 Å². The molecule has 0 N–H and O–H groups in total. The molecule has 7 nitrogen and oxygen atoms in total. The van der Waals surface area contributed by atoms with Crippen LogP contribution in [0.4, 0.5) is 0 Å². The fraction of sp³-hybridized carbons (Fsp3) is 0.414. The van der Waals surface area contributed by atoms with Crippen LogP contribution in [0, 0.1) is 0 Å². The zero-order valence-corrected chi connectivity index (χ0v) is 21.7. The smallest absolute Gasteiger partial charge is 0.340 e. The van der Waals surface area contributed by atoms with Crippen LogP contribution in [0.3, 0.4) is 0 Å². The molecule has 4 rings (SSSR count). The lowest BCUT2D eigenvalue weighted by Crippen LogP contribution is -2.36. The number of nitrogens with zero attached hydrogens (tertiary/aromatic N) is 1. The van der Waals surface area contributed by atoms with Crippen LogP contribution in [0.15, 0.2) is 66.1 Å². The Bertz CT molecular complexity index is 1120. The molecule has 0 aromatic heterocycles. The normalized spacial score (nSPS) is 18.6. The summed E-state index contributed by atoms with van der Waals surface area (Å²) in [6, 6.07) is 15.6. The van der Waals surface area contributed by atoms with Crippen LogP contribution in [0.25, 0.3) is 5.70 Å². The van der Waals surface area contributed by atoms with Gasteiger partial charge < -0.3 is 28.6 Å². The van der Waals surface area contributed by atoms with E-state index < -0.39 is 18.4 Å². The Morgan fingerprint density at radius 1 is 1.11 bits per heavy atom. The van der Waals surface area contributed by atoms with E-state index in [1.54, 1.807) is 6.26 Å². The van der Waals surface area contributed by atoms with Gasteiger partial charge in [-0.1, -0.05) is 43.7 Å². The van der Waals surface area contributed by atoms with Gasteiger partial charge in [0.1, 0.15) is 23.3 Å². The lowest BCUT2D eigenvalue weighted by atomic mass is 9.95. The summed E-state index contributed by atoms with van der Waals surface area (Å²) >= 11 is 0. The van der Waals surface area contributed by atoms with Crippen LogP contribution >= 0.6 is 0 Å². The Balaban J connectivity index is 1.72. The van der Waals surface area contributed by atoms with Gasteiger partial charge in [0, 0.05) is 25.6 Å². The molecule has 2 unspecified atom stereocenters. The van der Waals surface area contributed by atoms with Crippen molar-refractivity contribution in [3.8, 4) is 11.5 Å². The Kier molecular flexibility index (Phi) is 8.08. The van der Waals surface area contributed by atoms with Crippen LogP contribution < -0.4 is 9.47 Å². The minimum atomic E-state index is -0.804. The van der Waals surface area contributed by atoms with Crippen molar-refractivity contribution >= 4 is 11.7 Å². The SMILES string of the molecule is CCCCN(C)C1=C(C(=O)OC)C(C2=COC(Cc3ccccc3)O2)Oc2ccc(OC(C)C)cc21. The second-order valence-electron chi connectivity index (χ2n) is 9.24. The van der Waals surface area contributed by atoms with Gasteiger partial charge in [-0.05, 0) is 44.0 Å². The van der Waals surface area contributed by atoms with E-state index in [9.17, 15) is 4.79 Å². The van der Waals surface area contributed by atoms with Crippen molar-refractivity contribution in [3.05, 3.63) is 77.3 Å². The van der Waals surface area contributed by atoms with Crippen LogP contribution in [-0.4, -0.2) is 50.1 Å². The Morgan fingerprint density at radius 2 is 1.89 bits per heavy atom. The number of hydrogen-bond donors (Lipinski definition) is 0. The number of carbonyl (C=O) groups excluding carboxylic acids is 1. The molecule has 0 bridgehead atoms. The van der Waals surface area contributed by atoms with E-state index >= 15 is 0 Å². The maximum Gasteiger partial charge on any atom is 0.340 e. The molecule has 0 amide bonds. The molecule has 0 fully saturated rings. The third-order valence-corrected chi connectivity index (χ3v) is 6.08. The van der Waals surface area contributed by atoms with Crippen molar-refractivity contribution < 1.29 is 28.5 Å². The molecule has 0 saturated heterocycles. The fourth-order valence-corrected chi connectivity index (χ4v) is 4.40. The summed E-state index contributed by atoms with van der Waals surface area (Å²) in [5, 5.41) is 0. The second-order valence-corrected chi connectivity index (χ2v) is 9.24. The lowest BCUT2D eigenvalue weighted by molar-refractivity contribution is -0.137. The van der Waals surface area contributed by atoms with Gasteiger partial charge in [-0.2, -0.15) is 0 Å². The van der Waals surface area contributed by atoms with Gasteiger partial charge in [0.25, 0.3) is 0 Å². The summed E-state index contributed by atoms with van der Waals surface area (Å²) in [5.74, 6) is 1.30. The predicted molar refractivity (Wildman–Crippen MR) is 137 cm³/mol. The third-order valence-electron chi connectivity index (χ3n) is 6.08. The predicted octanol–water partition coefficient (Wildman–Crippen LogP) is 5.31. The number of fused-ring (bicyclic) bond motifs is 1. The van der Waals surface area contributed by atoms with Gasteiger partial charge in [0.2, 0.25) is 6.29 Å². The Morgan fingerprint density at radius 3 is 2.58 bits per heavy atom. The minimum Gasteiger partial charge on any atom is -0.491 e. The van der Waals surface area contributed by atoms with Crippen LogP contribution in [-0.2, 0) is 25.4 Å². The molecule has 2 aromatic rings. The van der Waals surface area contributed by atoms with E-state index in [4.69, 9.17) is 23.7 Å². The van der Waals surface area contributed by atoms with Crippen LogP contribution in [0.2, 0.25) is 0 Å². The highest BCUT2D eigenvalue weighted by molar-refractivity contribution is 6.00. The van der Waals surface area contributed by atoms with E-state index in [1.165, 1.54) is 7.11 Å². The maximum absolute atomic E-state index is 13.2. The summed E-state index contributed by atoms with van der Waals surface area (Å²) in [4.78, 5) is 15.3. The number of rotatable bonds is 10. The van der Waals surface area contributed by atoms with Crippen molar-refractivity contribution in [1.82, 2.24) is 4.90 Å². The highest BCUT2D eigenvalue weighted by atomic mass is 16.7. The van der Waals surface area contributed by atoms with Gasteiger partial charge in [-0.15, -0.1) is 0 Å². The van der Waals surface area contributed by atoms with Crippen LogP contribution in [0.5, 0.6) is 11.5 Å². The van der Waals surface area contributed by atoms with E-state index in [-0.39, 0.29) is 6.10 Å². The molecule has 2 atom stereocenters. The van der Waals surface area contributed by atoms with E-state index in [0.717, 1.165) is 36.2 Å². The van der Waals surface area contributed by atoms with Gasteiger partial charge in [-0.3, -0.25) is 0 Å². The number of carbonyl (C=O) groups is 1. The summed E-state index contributed by atoms with van der Waals surface area (Å²) in [6.45, 7) is 6.86. The Hall–Kier alpha value is -3.61. The molecule has 7 heteroatoms. The lowest BCUT2D eigenvalue weighted by Gasteiger charge is -2.34. The van der Waals surface area contributed by atoms with Crippen molar-refractivity contribution in [2.24, 2.45) is 0 Å². The number of unbranched alkanes of at least 4 members (excludes halogenated alkanes) is 1. The molecule has 2 aliphatic rings. The summed E-state index contributed by atoms with van der Waals surface area (Å²) in [5.41, 5.74) is 2.99. The molecule has 2 aliphatic heterocycles. The average Bonchev–Trinajstić information content (AvgIpc) is 3.34. The van der Waals surface area contributed by atoms with E-state index in [1.807, 2.05) is 69.4 Å². The standard InChI is InChI=1S/C29H35NO6/c1-6-7-15-30(4)27-22-17-21(34-19(2)3)13-14-23(22)36-28(26(27)29(31)32-5)24-18-33-25(35-24)16-20-11-9-8-10-12-20/h8-14,17-19,25,28H,6-7,15-16H2,1-5H3. The van der Waals surface area contributed by atoms with Crippen molar-refractivity contribution in [2.75, 3.05) is 20.7 Å². The molecule has 2 heterocycles. The Labute approximate surface area is 213 Å². The number of ether oxygens (including phenoxy) is 5. The first-order valence-electron chi connectivity index (χ1n) is 12.5. The van der Waals surface area contributed by atoms with Gasteiger partial charge in [-0.25, -0.2) is 4.79 Å². The first-order chi connectivity index (χ1) is 17.4. The van der Waals surface area contributed by atoms with Gasteiger partial charge in [0.05, 0.1) is 18.9 Å². The molecular formula is C29H35NO6. The second kappa shape index (κ2) is 11.4. The van der Waals surface area contributed by atoms with Crippen molar-refractivity contribution in [2.45, 2.75) is 58.5 Å². The van der Waals surface area contributed by atoms with Crippen LogP contribution in [0.1, 0.15) is 44.7 Å². The molecule has 0 saturated carbocycles. The fourth-order valence-electron chi connectivity index (χ4n) is 4.40. The first kappa shape index (κ1) is 25.5.